The summed E-state index contributed by atoms with van der Waals surface area (Å²) in [6, 6.07) is -0.928. The van der Waals surface area contributed by atoms with Gasteiger partial charge in [0.15, 0.2) is 11.6 Å². The summed E-state index contributed by atoms with van der Waals surface area (Å²) < 4.78 is 27.9. The molecule has 5 atom stereocenters. The number of carbonyl (C=O) groups is 4. The summed E-state index contributed by atoms with van der Waals surface area (Å²) in [5.74, 6) is -3.00. The lowest BCUT2D eigenvalue weighted by atomic mass is 9.89. The molecule has 288 valence electrons. The summed E-state index contributed by atoms with van der Waals surface area (Å²) >= 11 is 0. The standard InChI is InChI=1S/C37H46FN9O7/c1-23(2)35-25(15-33(50)42-11-13-46-20-29(44-45-46)26-18-39-22-40-19-26)8-9-32(49)41-10-4-6-24(3)14-28(48)16-27(38)17-34-43-30(21-53-34)36(51)47-12-5-7-31(47)37(52)54-35/h4,6,8-9,14,18-23,25,27-28,31,35,48H,5,7,10-13,15-17H2,1-3H3,(H,41,49)(H,42,50)/b6-4?,9-8+,24-14?. The molecule has 3 N–H and O–H groups in total. The van der Waals surface area contributed by atoms with Gasteiger partial charge in [-0.05, 0) is 31.8 Å². The summed E-state index contributed by atoms with van der Waals surface area (Å²) in [6.45, 7) is 6.39. The van der Waals surface area contributed by atoms with Gasteiger partial charge in [-0.2, -0.15) is 0 Å². The fourth-order valence-electron chi connectivity index (χ4n) is 6.33. The van der Waals surface area contributed by atoms with Gasteiger partial charge in [0.25, 0.3) is 5.91 Å². The number of oxazole rings is 1. The molecule has 16 nitrogen and oxygen atoms in total. The van der Waals surface area contributed by atoms with E-state index in [4.69, 9.17) is 9.15 Å². The molecule has 1 fully saturated rings. The number of aliphatic hydroxyl groups is 1. The fourth-order valence-corrected chi connectivity index (χ4v) is 6.33. The minimum Gasteiger partial charge on any atom is -0.460 e. The normalized spacial score (nSPS) is 24.0. The van der Waals surface area contributed by atoms with Crippen molar-refractivity contribution in [3.8, 4) is 11.3 Å². The number of aromatic nitrogens is 6. The lowest BCUT2D eigenvalue weighted by molar-refractivity contribution is -0.159. The number of hydrogen-bond acceptors (Lipinski definition) is 12. The first-order chi connectivity index (χ1) is 26.0. The molecule has 5 rings (SSSR count). The molecule has 0 radical (unpaired) electrons. The molecule has 0 aliphatic carbocycles. The Morgan fingerprint density at radius 1 is 1.17 bits per heavy atom. The molecule has 0 saturated carbocycles. The highest BCUT2D eigenvalue weighted by Gasteiger charge is 2.39. The van der Waals surface area contributed by atoms with Gasteiger partial charge in [0.2, 0.25) is 11.8 Å². The van der Waals surface area contributed by atoms with E-state index in [1.807, 2.05) is 13.8 Å². The van der Waals surface area contributed by atoms with Crippen molar-refractivity contribution in [3.63, 3.8) is 0 Å². The van der Waals surface area contributed by atoms with Crippen LogP contribution >= 0.6 is 0 Å². The van der Waals surface area contributed by atoms with Crippen LogP contribution in [0, 0.1) is 11.8 Å². The molecule has 2 bridgehead atoms. The minimum absolute atomic E-state index is 0.00722. The van der Waals surface area contributed by atoms with Crippen LogP contribution in [-0.2, 0) is 32.1 Å². The predicted molar refractivity (Wildman–Crippen MR) is 192 cm³/mol. The first-order valence-electron chi connectivity index (χ1n) is 18.0. The first-order valence-corrected chi connectivity index (χ1v) is 18.0. The smallest absolute Gasteiger partial charge is 0.329 e. The maximum absolute atomic E-state index is 14.8. The Hall–Kier alpha value is -5.58. The van der Waals surface area contributed by atoms with Crippen molar-refractivity contribution in [2.75, 3.05) is 19.6 Å². The predicted octanol–water partition coefficient (Wildman–Crippen LogP) is 2.54. The van der Waals surface area contributed by atoms with Crippen LogP contribution < -0.4 is 10.6 Å². The molecule has 54 heavy (non-hydrogen) atoms. The molecular formula is C37H46FN9O7. The van der Waals surface area contributed by atoms with Gasteiger partial charge >= 0.3 is 5.97 Å². The molecule has 3 aromatic heterocycles. The third kappa shape index (κ3) is 11.2. The Kier molecular flexibility index (Phi) is 13.9. The number of carbonyl (C=O) groups excluding carboxylic acids is 4. The highest BCUT2D eigenvalue weighted by molar-refractivity contribution is 5.95. The number of rotatable bonds is 7. The van der Waals surface area contributed by atoms with Crippen LogP contribution in [0.15, 0.2) is 71.6 Å². The van der Waals surface area contributed by atoms with E-state index in [9.17, 15) is 28.7 Å². The molecule has 3 amide bonds. The highest BCUT2D eigenvalue weighted by Crippen LogP contribution is 2.27. The summed E-state index contributed by atoms with van der Waals surface area (Å²) in [4.78, 5) is 66.9. The second-order valence-corrected chi connectivity index (χ2v) is 13.7. The highest BCUT2D eigenvalue weighted by atomic mass is 19.1. The van der Waals surface area contributed by atoms with E-state index >= 15 is 0 Å². The van der Waals surface area contributed by atoms with Crippen LogP contribution in [-0.4, -0.2) is 108 Å². The third-order valence-corrected chi connectivity index (χ3v) is 8.99. The number of halogens is 1. The Morgan fingerprint density at radius 2 is 1.96 bits per heavy atom. The number of ether oxygens (including phenoxy) is 1. The first kappa shape index (κ1) is 39.6. The Morgan fingerprint density at radius 3 is 2.74 bits per heavy atom. The number of cyclic esters (lactones) is 1. The Balaban J connectivity index is 1.32. The van der Waals surface area contributed by atoms with E-state index in [2.05, 4.69) is 35.9 Å². The molecule has 2 aliphatic heterocycles. The van der Waals surface area contributed by atoms with E-state index in [0.29, 0.717) is 36.2 Å². The summed E-state index contributed by atoms with van der Waals surface area (Å²) in [6.07, 6.45) is 12.1. The molecule has 0 spiro atoms. The maximum Gasteiger partial charge on any atom is 0.329 e. The average molecular weight is 748 g/mol. The number of esters is 1. The van der Waals surface area contributed by atoms with Crippen molar-refractivity contribution in [2.24, 2.45) is 11.8 Å². The molecule has 5 heterocycles. The second kappa shape index (κ2) is 19.0. The van der Waals surface area contributed by atoms with E-state index in [1.165, 1.54) is 23.4 Å². The Bertz CT molecular complexity index is 1840. The van der Waals surface area contributed by atoms with Gasteiger partial charge < -0.3 is 29.8 Å². The molecule has 17 heteroatoms. The van der Waals surface area contributed by atoms with Crippen molar-refractivity contribution >= 4 is 23.7 Å². The van der Waals surface area contributed by atoms with Crippen LogP contribution in [0.4, 0.5) is 4.39 Å². The fraction of sp³-hybridized carbons (Fsp3) is 0.486. The Labute approximate surface area is 312 Å². The molecule has 1 saturated heterocycles. The van der Waals surface area contributed by atoms with Crippen molar-refractivity contribution < 1.29 is 37.8 Å². The largest absolute Gasteiger partial charge is 0.460 e. The number of aliphatic hydroxyl groups excluding tert-OH is 1. The molecule has 2 aliphatic rings. The van der Waals surface area contributed by atoms with Gasteiger partial charge in [0, 0.05) is 56.4 Å². The van der Waals surface area contributed by atoms with Crippen molar-refractivity contribution in [3.05, 3.63) is 78.7 Å². The zero-order chi connectivity index (χ0) is 38.6. The number of nitrogens with one attached hydrogen (secondary N) is 2. The van der Waals surface area contributed by atoms with Gasteiger partial charge in [-0.3, -0.25) is 19.1 Å². The van der Waals surface area contributed by atoms with E-state index in [0.717, 1.165) is 6.26 Å². The molecule has 3 aromatic rings. The molecular weight excluding hydrogens is 701 g/mol. The number of alkyl halides is 1. The average Bonchev–Trinajstić information content (AvgIpc) is 3.92. The van der Waals surface area contributed by atoms with Gasteiger partial charge in [0.05, 0.1) is 25.3 Å². The van der Waals surface area contributed by atoms with E-state index in [1.54, 1.807) is 48.4 Å². The summed E-state index contributed by atoms with van der Waals surface area (Å²) in [7, 11) is 0. The third-order valence-electron chi connectivity index (χ3n) is 8.99. The van der Waals surface area contributed by atoms with Gasteiger partial charge in [-0.1, -0.05) is 48.9 Å². The lowest BCUT2D eigenvalue weighted by Crippen LogP contribution is -2.44. The molecule has 0 aromatic carbocycles. The van der Waals surface area contributed by atoms with Crippen molar-refractivity contribution in [1.82, 2.24) is 45.5 Å². The molecule has 5 unspecified atom stereocenters. The van der Waals surface area contributed by atoms with Crippen LogP contribution in [0.5, 0.6) is 0 Å². The number of fused-ring (bicyclic) bond motifs is 3. The van der Waals surface area contributed by atoms with Gasteiger partial charge in [-0.25, -0.2) is 24.1 Å². The van der Waals surface area contributed by atoms with Crippen molar-refractivity contribution in [1.29, 1.82) is 0 Å². The van der Waals surface area contributed by atoms with Crippen LogP contribution in [0.25, 0.3) is 11.3 Å². The van der Waals surface area contributed by atoms with E-state index in [-0.39, 0.29) is 62.3 Å². The lowest BCUT2D eigenvalue weighted by Gasteiger charge is -2.30. The number of nitrogens with zero attached hydrogens (tertiary/aromatic N) is 7. The number of allylic oxidation sites excluding steroid dienone is 2. The second-order valence-electron chi connectivity index (χ2n) is 13.7. The van der Waals surface area contributed by atoms with Crippen LogP contribution in [0.2, 0.25) is 0 Å². The van der Waals surface area contributed by atoms with Crippen LogP contribution in [0.1, 0.15) is 62.8 Å². The quantitative estimate of drug-likeness (QED) is 0.298. The van der Waals surface area contributed by atoms with Crippen molar-refractivity contribution in [2.45, 2.75) is 83.8 Å². The minimum atomic E-state index is -1.50. The zero-order valence-electron chi connectivity index (χ0n) is 30.5. The summed E-state index contributed by atoms with van der Waals surface area (Å²) in [5, 5.41) is 24.2. The van der Waals surface area contributed by atoms with Gasteiger partial charge in [-0.15, -0.1) is 5.10 Å². The number of amides is 3. The SMILES string of the molecule is CC1=CC(O)CC(F)Cc2nc(co2)C(=O)N2CCCC2C(=O)OC(C(C)C)C(CC(=O)NCCn2cc(-c3cncnc3)nn2)/C=C/C(=O)NCC=C1. The zero-order valence-corrected chi connectivity index (χ0v) is 30.5. The van der Waals surface area contributed by atoms with Crippen LogP contribution in [0.3, 0.4) is 0 Å². The number of hydrogen-bond donors (Lipinski definition) is 3. The monoisotopic (exact) mass is 747 g/mol. The van der Waals surface area contributed by atoms with E-state index < -0.39 is 48.1 Å². The van der Waals surface area contributed by atoms with Gasteiger partial charge in [0.1, 0.15) is 36.6 Å². The summed E-state index contributed by atoms with van der Waals surface area (Å²) in [5.41, 5.74) is 1.87. The topological polar surface area (TPSA) is 208 Å². The maximum atomic E-state index is 14.8.